The molecule has 4 heterocycles. The summed E-state index contributed by atoms with van der Waals surface area (Å²) >= 11 is 0. The van der Waals surface area contributed by atoms with E-state index in [0.29, 0.717) is 75.3 Å². The van der Waals surface area contributed by atoms with Crippen LogP contribution in [0.5, 0.6) is 23.0 Å². The maximum absolute atomic E-state index is 14.0. The number of para-hydroxylation sites is 2. The number of anilines is 4. The molecule has 0 saturated carbocycles. The molecule has 4 aliphatic rings. The number of nitrogens with zero attached hydrogens (tertiary/aromatic N) is 3. The lowest BCUT2D eigenvalue weighted by atomic mass is 10.1. The number of carbonyl (C=O) groups is 6. The Morgan fingerprint density at radius 2 is 1.24 bits per heavy atom. The van der Waals surface area contributed by atoms with Crippen LogP contribution in [0.2, 0.25) is 0 Å². The Balaban J connectivity index is 0.938. The number of benzene rings is 5. The molecule has 5 aromatic rings. The summed E-state index contributed by atoms with van der Waals surface area (Å²) in [5.74, 6) is -1.10. The Bertz CT molecular complexity index is 2900. The van der Waals surface area contributed by atoms with Crippen LogP contribution in [-0.4, -0.2) is 94.1 Å². The maximum Gasteiger partial charge on any atom is 0.261 e. The van der Waals surface area contributed by atoms with Crippen LogP contribution in [-0.2, 0) is 45.2 Å². The van der Waals surface area contributed by atoms with Crippen molar-refractivity contribution in [2.45, 2.75) is 45.1 Å². The quantitative estimate of drug-likeness (QED) is 0.0988. The molecule has 5 N–H and O–H groups in total. The van der Waals surface area contributed by atoms with E-state index in [-0.39, 0.29) is 43.7 Å². The molecule has 0 saturated heterocycles. The minimum Gasteiger partial charge on any atom is -0.493 e. The van der Waals surface area contributed by atoms with Gasteiger partial charge in [0.1, 0.15) is 13.2 Å². The molecule has 0 fully saturated rings. The van der Waals surface area contributed by atoms with E-state index in [1.54, 1.807) is 47.5 Å². The van der Waals surface area contributed by atoms with Crippen molar-refractivity contribution in [2.75, 3.05) is 60.8 Å². The lowest BCUT2D eigenvalue weighted by Gasteiger charge is -2.22. The molecule has 68 heavy (non-hydrogen) atoms. The molecule has 5 aromatic carbocycles. The zero-order valence-corrected chi connectivity index (χ0v) is 37.5. The van der Waals surface area contributed by atoms with Crippen LogP contribution < -0.4 is 55.3 Å². The van der Waals surface area contributed by atoms with Crippen molar-refractivity contribution >= 4 is 70.1 Å². The molecule has 0 aromatic heterocycles. The minimum absolute atomic E-state index is 0.00334. The fourth-order valence-corrected chi connectivity index (χ4v) is 8.82. The van der Waals surface area contributed by atoms with Gasteiger partial charge in [-0.05, 0) is 71.1 Å². The monoisotopic (exact) mass is 920 g/mol. The Morgan fingerprint density at radius 1 is 0.662 bits per heavy atom. The van der Waals surface area contributed by atoms with Crippen LogP contribution in [0.1, 0.15) is 49.9 Å². The first-order valence-electron chi connectivity index (χ1n) is 22.0. The van der Waals surface area contributed by atoms with Crippen molar-refractivity contribution in [3.63, 3.8) is 0 Å². The van der Waals surface area contributed by atoms with Crippen LogP contribution in [0.3, 0.4) is 0 Å². The van der Waals surface area contributed by atoms with Crippen molar-refractivity contribution in [3.8, 4) is 23.0 Å². The molecule has 1 unspecified atom stereocenters. The summed E-state index contributed by atoms with van der Waals surface area (Å²) in [6.07, 6.45) is 3.16. The van der Waals surface area contributed by atoms with Crippen LogP contribution in [0.4, 0.5) is 28.4 Å². The number of aliphatic imine (C=N–C) groups is 1. The van der Waals surface area contributed by atoms with Crippen molar-refractivity contribution < 1.29 is 47.7 Å². The highest BCUT2D eigenvalue weighted by Crippen LogP contribution is 2.43. The predicted octanol–water partition coefficient (Wildman–Crippen LogP) is 4.45. The first-order chi connectivity index (χ1) is 33.0. The number of methoxy groups -OCH3 is 2. The number of rotatable bonds is 15. The predicted molar refractivity (Wildman–Crippen MR) is 253 cm³/mol. The molecule has 0 bridgehead atoms. The van der Waals surface area contributed by atoms with Crippen molar-refractivity contribution in [1.29, 1.82) is 0 Å². The smallest absolute Gasteiger partial charge is 0.261 e. The fourth-order valence-electron chi connectivity index (χ4n) is 8.82. The lowest BCUT2D eigenvalue weighted by Crippen LogP contribution is -2.43. The van der Waals surface area contributed by atoms with Gasteiger partial charge in [-0.25, -0.2) is 0 Å². The standard InChI is InChI=1S/C50H48N8O10/c1-28(59)51-23-46(60)54-24-47(61)55-25-48(62)56-33-13-29(26-67-44-19-38-36(17-42(44)65-2)49(63)57-34(21-52-38)15-31-8-4-6-10-40(31)57)12-30(14-33)27-68-45-20-39-37(18-43(45)66-3)50(64)58-35(22-53-39)16-32-9-5-7-11-41(32)58/h4-14,17-21,34-35,53H,15-16,22-27H2,1-3H3,(H,51,59)(H,54,60)(H,55,61)(H,56,62)/t34?,35-/m0/s1. The van der Waals surface area contributed by atoms with Crippen LogP contribution in [0, 0.1) is 0 Å². The second-order valence-electron chi connectivity index (χ2n) is 16.6. The average Bonchev–Trinajstić information content (AvgIpc) is 3.83. The highest BCUT2D eigenvalue weighted by Gasteiger charge is 2.39. The second-order valence-corrected chi connectivity index (χ2v) is 16.6. The van der Waals surface area contributed by atoms with Gasteiger partial charge >= 0.3 is 0 Å². The molecular weight excluding hydrogens is 873 g/mol. The Kier molecular flexibility index (Phi) is 12.6. The SMILES string of the molecule is COc1cc2c(cc1OCc1cc(COc3cc4c(cc3OC)C(=O)N3c5ccccc5C[C@H]3CN4)cc(NC(=O)CNC(=O)CNC(=O)CNC(C)=O)c1)N=CC1Cc3ccccc3N1C2=O. The number of amides is 6. The van der Waals surface area contributed by atoms with E-state index in [1.807, 2.05) is 59.5 Å². The zero-order chi connectivity index (χ0) is 47.5. The number of nitrogens with one attached hydrogen (secondary N) is 5. The maximum atomic E-state index is 14.0. The topological polar surface area (TPSA) is 218 Å². The van der Waals surface area contributed by atoms with Gasteiger partial charge in [-0.15, -0.1) is 0 Å². The third-order valence-electron chi connectivity index (χ3n) is 12.0. The molecule has 0 aliphatic carbocycles. The van der Waals surface area contributed by atoms with Gasteiger partial charge in [0, 0.05) is 55.3 Å². The fraction of sp³-hybridized carbons (Fsp3) is 0.260. The van der Waals surface area contributed by atoms with Gasteiger partial charge in [0.2, 0.25) is 23.6 Å². The highest BCUT2D eigenvalue weighted by molar-refractivity contribution is 6.15. The minimum atomic E-state index is -0.616. The molecule has 9 rings (SSSR count). The number of carbonyl (C=O) groups excluding carboxylic acids is 6. The van der Waals surface area contributed by atoms with E-state index >= 15 is 0 Å². The molecule has 2 atom stereocenters. The van der Waals surface area contributed by atoms with E-state index in [0.717, 1.165) is 28.9 Å². The second kappa shape index (κ2) is 19.2. The molecule has 348 valence electrons. The highest BCUT2D eigenvalue weighted by atomic mass is 16.5. The van der Waals surface area contributed by atoms with Gasteiger partial charge in [0.25, 0.3) is 11.8 Å². The summed E-state index contributed by atoms with van der Waals surface area (Å²) < 4.78 is 24.2. The van der Waals surface area contributed by atoms with Gasteiger partial charge in [0.15, 0.2) is 23.0 Å². The first-order valence-corrected chi connectivity index (χ1v) is 22.0. The molecular formula is C50H48N8O10. The summed E-state index contributed by atoms with van der Waals surface area (Å²) in [7, 11) is 2.99. The average molecular weight is 921 g/mol. The third kappa shape index (κ3) is 9.33. The van der Waals surface area contributed by atoms with Gasteiger partial charge in [-0.2, -0.15) is 0 Å². The summed E-state index contributed by atoms with van der Waals surface area (Å²) in [5.41, 5.74) is 7.37. The number of hydrogen-bond donors (Lipinski definition) is 5. The molecule has 0 spiro atoms. The van der Waals surface area contributed by atoms with Crippen LogP contribution in [0.15, 0.2) is 96.0 Å². The lowest BCUT2D eigenvalue weighted by molar-refractivity contribution is -0.127. The van der Waals surface area contributed by atoms with Gasteiger partial charge < -0.3 is 50.4 Å². The number of hydrogen-bond acceptors (Lipinski definition) is 12. The van der Waals surface area contributed by atoms with Gasteiger partial charge in [-0.3, -0.25) is 38.7 Å². The summed E-state index contributed by atoms with van der Waals surface area (Å²) in [5, 5.41) is 13.4. The van der Waals surface area contributed by atoms with Gasteiger partial charge in [0.05, 0.1) is 68.4 Å². The Hall–Kier alpha value is -8.41. The number of ether oxygens (including phenoxy) is 4. The van der Waals surface area contributed by atoms with Gasteiger partial charge in [-0.1, -0.05) is 36.4 Å². The zero-order valence-electron chi connectivity index (χ0n) is 37.5. The molecule has 18 nitrogen and oxygen atoms in total. The van der Waals surface area contributed by atoms with Crippen molar-refractivity contribution in [2.24, 2.45) is 4.99 Å². The van der Waals surface area contributed by atoms with Crippen LogP contribution >= 0.6 is 0 Å². The Morgan fingerprint density at radius 3 is 1.90 bits per heavy atom. The van der Waals surface area contributed by atoms with E-state index < -0.39 is 36.7 Å². The van der Waals surface area contributed by atoms with Crippen molar-refractivity contribution in [1.82, 2.24) is 16.0 Å². The molecule has 18 heteroatoms. The number of fused-ring (bicyclic) bond motifs is 8. The van der Waals surface area contributed by atoms with E-state index in [9.17, 15) is 28.8 Å². The first kappa shape index (κ1) is 44.8. The third-order valence-corrected chi connectivity index (χ3v) is 12.0. The summed E-state index contributed by atoms with van der Waals surface area (Å²) in [6.45, 7) is 0.670. The van der Waals surface area contributed by atoms with E-state index in [4.69, 9.17) is 23.9 Å². The Labute approximate surface area is 391 Å². The van der Waals surface area contributed by atoms with Crippen molar-refractivity contribution in [3.05, 3.63) is 124 Å². The summed E-state index contributed by atoms with van der Waals surface area (Å²) in [6, 6.07) is 27.4. The van der Waals surface area contributed by atoms with E-state index in [1.165, 1.54) is 21.1 Å². The largest absolute Gasteiger partial charge is 0.493 e. The van der Waals surface area contributed by atoms with E-state index in [2.05, 4.69) is 26.6 Å². The molecule has 4 aliphatic heterocycles. The molecule has 0 radical (unpaired) electrons. The van der Waals surface area contributed by atoms with Crippen LogP contribution in [0.25, 0.3) is 0 Å². The normalized spacial score (nSPS) is 16.0. The molecule has 6 amide bonds. The summed E-state index contributed by atoms with van der Waals surface area (Å²) in [4.78, 5) is 85.0.